The van der Waals surface area contributed by atoms with Crippen molar-refractivity contribution >= 4 is 11.5 Å². The van der Waals surface area contributed by atoms with Crippen LogP contribution in [-0.4, -0.2) is 27.5 Å². The fourth-order valence-corrected chi connectivity index (χ4v) is 1.78. The number of anilines is 1. The lowest BCUT2D eigenvalue weighted by Crippen LogP contribution is -2.31. The Morgan fingerprint density at radius 1 is 1.50 bits per heavy atom. The molecule has 0 aliphatic heterocycles. The van der Waals surface area contributed by atoms with Crippen molar-refractivity contribution in [1.82, 2.24) is 9.97 Å². The Bertz CT molecular complexity index is 434. The monoisotopic (exact) mass is 254 g/mol. The molecule has 0 aliphatic rings. The summed E-state index contributed by atoms with van der Waals surface area (Å²) in [4.78, 5) is 18.2. The SMILES string of the molecule is CCCC(C)(C)Nc1ncnc(OC)c1[N+](=O)[O-]. The van der Waals surface area contributed by atoms with Crippen LogP contribution in [0, 0.1) is 10.1 Å². The van der Waals surface area contributed by atoms with Gasteiger partial charge < -0.3 is 10.1 Å². The van der Waals surface area contributed by atoms with E-state index in [9.17, 15) is 10.1 Å². The van der Waals surface area contributed by atoms with Crippen molar-refractivity contribution in [2.24, 2.45) is 0 Å². The first-order valence-electron chi connectivity index (χ1n) is 5.73. The van der Waals surface area contributed by atoms with Crippen LogP contribution in [0.25, 0.3) is 0 Å². The van der Waals surface area contributed by atoms with Gasteiger partial charge in [0, 0.05) is 5.54 Å². The molecule has 1 heterocycles. The third-order valence-electron chi connectivity index (χ3n) is 2.50. The average molecular weight is 254 g/mol. The van der Waals surface area contributed by atoms with Crippen LogP contribution in [0.15, 0.2) is 6.33 Å². The van der Waals surface area contributed by atoms with E-state index in [1.54, 1.807) is 0 Å². The number of hydrogen-bond donors (Lipinski definition) is 1. The van der Waals surface area contributed by atoms with Crippen LogP contribution in [0.3, 0.4) is 0 Å². The summed E-state index contributed by atoms with van der Waals surface area (Å²) in [5.41, 5.74) is -0.511. The van der Waals surface area contributed by atoms with E-state index in [4.69, 9.17) is 4.74 Å². The van der Waals surface area contributed by atoms with Crippen LogP contribution >= 0.6 is 0 Å². The van der Waals surface area contributed by atoms with Crippen molar-refractivity contribution in [1.29, 1.82) is 0 Å². The zero-order chi connectivity index (χ0) is 13.8. The predicted octanol–water partition coefficient (Wildman–Crippen LogP) is 2.38. The number of methoxy groups -OCH3 is 1. The van der Waals surface area contributed by atoms with E-state index in [2.05, 4.69) is 22.2 Å². The molecule has 0 amide bonds. The summed E-state index contributed by atoms with van der Waals surface area (Å²) in [6.07, 6.45) is 3.09. The Labute approximate surface area is 106 Å². The summed E-state index contributed by atoms with van der Waals surface area (Å²) in [6, 6.07) is 0. The summed E-state index contributed by atoms with van der Waals surface area (Å²) in [7, 11) is 1.34. The van der Waals surface area contributed by atoms with E-state index in [-0.39, 0.29) is 22.9 Å². The van der Waals surface area contributed by atoms with E-state index < -0.39 is 4.92 Å². The van der Waals surface area contributed by atoms with Crippen LogP contribution in [0.1, 0.15) is 33.6 Å². The van der Waals surface area contributed by atoms with Gasteiger partial charge in [-0.05, 0) is 20.3 Å². The molecule has 0 unspecified atom stereocenters. The fraction of sp³-hybridized carbons (Fsp3) is 0.636. The normalized spacial score (nSPS) is 11.1. The van der Waals surface area contributed by atoms with E-state index >= 15 is 0 Å². The van der Waals surface area contributed by atoms with Gasteiger partial charge in [0.1, 0.15) is 6.33 Å². The molecule has 1 aromatic rings. The molecule has 0 bridgehead atoms. The van der Waals surface area contributed by atoms with Crippen molar-refractivity contribution in [3.8, 4) is 5.88 Å². The molecule has 0 spiro atoms. The average Bonchev–Trinajstić information content (AvgIpc) is 2.27. The molecule has 1 N–H and O–H groups in total. The highest BCUT2D eigenvalue weighted by Crippen LogP contribution is 2.32. The van der Waals surface area contributed by atoms with Gasteiger partial charge in [0.2, 0.25) is 5.82 Å². The third-order valence-corrected chi connectivity index (χ3v) is 2.50. The largest absolute Gasteiger partial charge is 0.476 e. The Morgan fingerprint density at radius 2 is 2.17 bits per heavy atom. The zero-order valence-electron chi connectivity index (χ0n) is 11.1. The molecular formula is C11H18N4O3. The standard InChI is InChI=1S/C11H18N4O3/c1-5-6-11(2,3)14-9-8(15(16)17)10(18-4)13-7-12-9/h7H,5-6H2,1-4H3,(H,12,13,14). The Hall–Kier alpha value is -1.92. The van der Waals surface area contributed by atoms with Crippen molar-refractivity contribution in [3.05, 3.63) is 16.4 Å². The lowest BCUT2D eigenvalue weighted by Gasteiger charge is -2.26. The summed E-state index contributed by atoms with van der Waals surface area (Å²) in [5.74, 6) is 0.148. The molecule has 0 atom stereocenters. The summed E-state index contributed by atoms with van der Waals surface area (Å²) in [6.45, 7) is 5.99. The molecule has 0 saturated carbocycles. The fourth-order valence-electron chi connectivity index (χ4n) is 1.78. The number of nitrogens with zero attached hydrogens (tertiary/aromatic N) is 3. The maximum Gasteiger partial charge on any atom is 0.372 e. The number of nitrogens with one attached hydrogen (secondary N) is 1. The van der Waals surface area contributed by atoms with Gasteiger partial charge in [0.25, 0.3) is 5.88 Å². The molecule has 18 heavy (non-hydrogen) atoms. The summed E-state index contributed by atoms with van der Waals surface area (Å²) >= 11 is 0. The number of rotatable bonds is 6. The van der Waals surface area contributed by atoms with E-state index in [1.807, 2.05) is 13.8 Å². The molecule has 1 aromatic heterocycles. The maximum absolute atomic E-state index is 11.1. The zero-order valence-corrected chi connectivity index (χ0v) is 11.1. The van der Waals surface area contributed by atoms with E-state index in [0.717, 1.165) is 12.8 Å². The molecule has 0 saturated heterocycles. The number of aromatic nitrogens is 2. The maximum atomic E-state index is 11.1. The topological polar surface area (TPSA) is 90.2 Å². The van der Waals surface area contributed by atoms with Crippen molar-refractivity contribution in [3.63, 3.8) is 0 Å². The number of nitro groups is 1. The predicted molar refractivity (Wildman–Crippen MR) is 67.8 cm³/mol. The van der Waals surface area contributed by atoms with Crippen LogP contribution in [0.5, 0.6) is 5.88 Å². The minimum atomic E-state index is -0.538. The van der Waals surface area contributed by atoms with E-state index in [0.29, 0.717) is 0 Å². The van der Waals surface area contributed by atoms with Gasteiger partial charge >= 0.3 is 5.69 Å². The second-order valence-electron chi connectivity index (χ2n) is 4.60. The highest BCUT2D eigenvalue weighted by atomic mass is 16.6. The Balaban J connectivity index is 3.12. The second kappa shape index (κ2) is 5.61. The number of hydrogen-bond acceptors (Lipinski definition) is 6. The first kappa shape index (κ1) is 14.1. The minimum absolute atomic E-state index is 0.0372. The highest BCUT2D eigenvalue weighted by Gasteiger charge is 2.27. The van der Waals surface area contributed by atoms with Crippen LogP contribution in [-0.2, 0) is 0 Å². The van der Waals surface area contributed by atoms with Crippen LogP contribution in [0.4, 0.5) is 11.5 Å². The van der Waals surface area contributed by atoms with Crippen molar-refractivity contribution in [2.45, 2.75) is 39.2 Å². The van der Waals surface area contributed by atoms with Gasteiger partial charge in [-0.3, -0.25) is 10.1 Å². The van der Waals surface area contributed by atoms with Crippen molar-refractivity contribution in [2.75, 3.05) is 12.4 Å². The molecule has 0 aliphatic carbocycles. The molecule has 0 radical (unpaired) electrons. The highest BCUT2D eigenvalue weighted by molar-refractivity contribution is 5.61. The Morgan fingerprint density at radius 3 is 2.67 bits per heavy atom. The molecule has 100 valence electrons. The molecule has 1 rings (SSSR count). The smallest absolute Gasteiger partial charge is 0.372 e. The summed E-state index contributed by atoms with van der Waals surface area (Å²) in [5, 5.41) is 14.1. The van der Waals surface area contributed by atoms with Crippen LogP contribution < -0.4 is 10.1 Å². The minimum Gasteiger partial charge on any atom is -0.476 e. The third kappa shape index (κ3) is 3.28. The van der Waals surface area contributed by atoms with Gasteiger partial charge in [-0.25, -0.2) is 4.98 Å². The van der Waals surface area contributed by atoms with Gasteiger partial charge in [-0.2, -0.15) is 4.98 Å². The lowest BCUT2D eigenvalue weighted by atomic mass is 9.99. The molecule has 7 heteroatoms. The van der Waals surface area contributed by atoms with Gasteiger partial charge in [0.05, 0.1) is 12.0 Å². The summed E-state index contributed by atoms with van der Waals surface area (Å²) < 4.78 is 4.89. The van der Waals surface area contributed by atoms with Crippen molar-refractivity contribution < 1.29 is 9.66 Å². The number of ether oxygens (including phenoxy) is 1. The Kier molecular flexibility index (Phi) is 4.41. The van der Waals surface area contributed by atoms with Crippen LogP contribution in [0.2, 0.25) is 0 Å². The molecule has 0 fully saturated rings. The molecule has 0 aromatic carbocycles. The van der Waals surface area contributed by atoms with Gasteiger partial charge in [0.15, 0.2) is 0 Å². The lowest BCUT2D eigenvalue weighted by molar-refractivity contribution is -0.385. The second-order valence-corrected chi connectivity index (χ2v) is 4.60. The first-order valence-corrected chi connectivity index (χ1v) is 5.73. The quantitative estimate of drug-likeness (QED) is 0.619. The van der Waals surface area contributed by atoms with Gasteiger partial charge in [-0.1, -0.05) is 13.3 Å². The van der Waals surface area contributed by atoms with E-state index in [1.165, 1.54) is 13.4 Å². The first-order chi connectivity index (χ1) is 8.41. The van der Waals surface area contributed by atoms with Gasteiger partial charge in [-0.15, -0.1) is 0 Å². The molecule has 7 nitrogen and oxygen atoms in total. The molecular weight excluding hydrogens is 236 g/mol.